The van der Waals surface area contributed by atoms with Gasteiger partial charge in [-0.15, -0.1) is 0 Å². The summed E-state index contributed by atoms with van der Waals surface area (Å²) in [6, 6.07) is 17.9. The van der Waals surface area contributed by atoms with E-state index in [2.05, 4.69) is 12.1 Å². The maximum absolute atomic E-state index is 12.9. The highest BCUT2D eigenvalue weighted by Gasteiger charge is 2.49. The van der Waals surface area contributed by atoms with E-state index in [1.54, 1.807) is 0 Å². The Bertz CT molecular complexity index is 743. The summed E-state index contributed by atoms with van der Waals surface area (Å²) in [5, 5.41) is 9.87. The van der Waals surface area contributed by atoms with E-state index in [0.717, 1.165) is 24.2 Å². The molecule has 4 nitrogen and oxygen atoms in total. The molecule has 4 rings (SSSR count). The molecule has 2 saturated heterocycles. The number of amides is 1. The molecular formula is C21H23NO3. The van der Waals surface area contributed by atoms with Crippen LogP contribution in [0.3, 0.4) is 0 Å². The van der Waals surface area contributed by atoms with Crippen LogP contribution in [0.15, 0.2) is 54.6 Å². The van der Waals surface area contributed by atoms with Crippen LogP contribution in [-0.2, 0) is 4.74 Å². The zero-order chi connectivity index (χ0) is 17.3. The van der Waals surface area contributed by atoms with Crippen molar-refractivity contribution < 1.29 is 14.6 Å². The van der Waals surface area contributed by atoms with Crippen molar-refractivity contribution in [1.29, 1.82) is 0 Å². The van der Waals surface area contributed by atoms with Crippen LogP contribution >= 0.6 is 0 Å². The van der Waals surface area contributed by atoms with Gasteiger partial charge in [-0.3, -0.25) is 4.79 Å². The van der Waals surface area contributed by atoms with Crippen molar-refractivity contribution in [2.75, 3.05) is 32.9 Å². The first-order chi connectivity index (χ1) is 12.2. The topological polar surface area (TPSA) is 49.8 Å². The first kappa shape index (κ1) is 16.3. The number of benzene rings is 2. The number of aliphatic hydroxyl groups excluding tert-OH is 1. The van der Waals surface area contributed by atoms with E-state index in [-0.39, 0.29) is 17.9 Å². The van der Waals surface area contributed by atoms with Crippen LogP contribution in [0.4, 0.5) is 0 Å². The Morgan fingerprint density at radius 3 is 2.52 bits per heavy atom. The zero-order valence-electron chi connectivity index (χ0n) is 14.2. The monoisotopic (exact) mass is 337 g/mol. The summed E-state index contributed by atoms with van der Waals surface area (Å²) < 4.78 is 5.58. The summed E-state index contributed by atoms with van der Waals surface area (Å²) >= 11 is 0. The van der Waals surface area contributed by atoms with Gasteiger partial charge >= 0.3 is 0 Å². The lowest BCUT2D eigenvalue weighted by Crippen LogP contribution is -2.43. The van der Waals surface area contributed by atoms with Gasteiger partial charge in [-0.1, -0.05) is 42.5 Å². The SMILES string of the molecule is O=C(c1ccc(-c2ccccc2)cc1)N1C[C@@H]2CCOC[C@]2(CO)C1. The summed E-state index contributed by atoms with van der Waals surface area (Å²) in [4.78, 5) is 14.8. The first-order valence-corrected chi connectivity index (χ1v) is 8.85. The molecule has 25 heavy (non-hydrogen) atoms. The van der Waals surface area contributed by atoms with Gasteiger partial charge in [-0.25, -0.2) is 0 Å². The van der Waals surface area contributed by atoms with Crippen molar-refractivity contribution >= 4 is 5.91 Å². The summed E-state index contributed by atoms with van der Waals surface area (Å²) in [6.07, 6.45) is 0.914. The smallest absolute Gasteiger partial charge is 0.253 e. The van der Waals surface area contributed by atoms with Crippen molar-refractivity contribution in [3.8, 4) is 11.1 Å². The number of likely N-dealkylation sites (tertiary alicyclic amines) is 1. The summed E-state index contributed by atoms with van der Waals surface area (Å²) in [5.74, 6) is 0.376. The number of hydrogen-bond acceptors (Lipinski definition) is 3. The Kier molecular flexibility index (Phi) is 4.32. The zero-order valence-corrected chi connectivity index (χ0v) is 14.2. The van der Waals surface area contributed by atoms with Crippen LogP contribution in [0, 0.1) is 11.3 Å². The van der Waals surface area contributed by atoms with Crippen molar-refractivity contribution in [1.82, 2.24) is 4.90 Å². The van der Waals surface area contributed by atoms with Gasteiger partial charge in [0, 0.05) is 30.7 Å². The van der Waals surface area contributed by atoms with Gasteiger partial charge in [0.15, 0.2) is 0 Å². The molecule has 130 valence electrons. The molecule has 0 aliphatic carbocycles. The lowest BCUT2D eigenvalue weighted by Gasteiger charge is -2.36. The molecular weight excluding hydrogens is 314 g/mol. The van der Waals surface area contributed by atoms with Gasteiger partial charge in [0.1, 0.15) is 0 Å². The second-order valence-corrected chi connectivity index (χ2v) is 7.19. The minimum atomic E-state index is -0.280. The second kappa shape index (κ2) is 6.62. The van der Waals surface area contributed by atoms with Gasteiger partial charge in [0.05, 0.1) is 13.2 Å². The molecule has 4 heteroatoms. The average molecular weight is 337 g/mol. The molecule has 0 aromatic heterocycles. The number of rotatable bonds is 3. The first-order valence-electron chi connectivity index (χ1n) is 8.85. The van der Waals surface area contributed by atoms with Gasteiger partial charge in [0.2, 0.25) is 0 Å². The highest BCUT2D eigenvalue weighted by Crippen LogP contribution is 2.41. The molecule has 1 N–H and O–H groups in total. The molecule has 0 unspecified atom stereocenters. The number of fused-ring (bicyclic) bond motifs is 1. The molecule has 0 radical (unpaired) electrons. The molecule has 1 amide bonds. The van der Waals surface area contributed by atoms with E-state index >= 15 is 0 Å². The Hall–Kier alpha value is -2.17. The molecule has 2 heterocycles. The molecule has 0 spiro atoms. The van der Waals surface area contributed by atoms with Crippen LogP contribution in [0.25, 0.3) is 11.1 Å². The van der Waals surface area contributed by atoms with Crippen molar-refractivity contribution in [2.24, 2.45) is 11.3 Å². The van der Waals surface area contributed by atoms with Crippen molar-refractivity contribution in [3.63, 3.8) is 0 Å². The third kappa shape index (κ3) is 2.96. The number of nitrogens with zero attached hydrogens (tertiary/aromatic N) is 1. The van der Waals surface area contributed by atoms with Crippen molar-refractivity contribution in [3.05, 3.63) is 60.2 Å². The molecule has 2 aliphatic rings. The van der Waals surface area contributed by atoms with E-state index in [1.165, 1.54) is 0 Å². The summed E-state index contributed by atoms with van der Waals surface area (Å²) in [5.41, 5.74) is 2.67. The quantitative estimate of drug-likeness (QED) is 0.937. The van der Waals surface area contributed by atoms with E-state index < -0.39 is 0 Å². The number of carbonyl (C=O) groups is 1. The predicted molar refractivity (Wildman–Crippen MR) is 96.2 cm³/mol. The van der Waals surface area contributed by atoms with E-state index in [9.17, 15) is 9.90 Å². The molecule has 2 aromatic rings. The van der Waals surface area contributed by atoms with Crippen molar-refractivity contribution in [2.45, 2.75) is 6.42 Å². The van der Waals surface area contributed by atoms with Crippen LogP contribution < -0.4 is 0 Å². The predicted octanol–water partition coefficient (Wildman–Crippen LogP) is 2.82. The Morgan fingerprint density at radius 1 is 1.12 bits per heavy atom. The Balaban J connectivity index is 1.52. The van der Waals surface area contributed by atoms with Crippen LogP contribution in [-0.4, -0.2) is 48.8 Å². The molecule has 2 aromatic carbocycles. The minimum Gasteiger partial charge on any atom is -0.396 e. The fraction of sp³-hybridized carbons (Fsp3) is 0.381. The lowest BCUT2D eigenvalue weighted by atomic mass is 9.76. The van der Waals surface area contributed by atoms with Gasteiger partial charge in [0.25, 0.3) is 5.91 Å². The van der Waals surface area contributed by atoms with Crippen LogP contribution in [0.1, 0.15) is 16.8 Å². The van der Waals surface area contributed by atoms with Crippen LogP contribution in [0.2, 0.25) is 0 Å². The normalized spacial score (nSPS) is 25.6. The van der Waals surface area contributed by atoms with E-state index in [4.69, 9.17) is 4.74 Å². The van der Waals surface area contributed by atoms with E-state index in [1.807, 2.05) is 47.4 Å². The van der Waals surface area contributed by atoms with Gasteiger partial charge < -0.3 is 14.7 Å². The van der Waals surface area contributed by atoms with E-state index in [0.29, 0.717) is 31.2 Å². The van der Waals surface area contributed by atoms with Gasteiger partial charge in [-0.05, 0) is 35.6 Å². The molecule has 2 aliphatic heterocycles. The Morgan fingerprint density at radius 2 is 1.84 bits per heavy atom. The second-order valence-electron chi connectivity index (χ2n) is 7.19. The number of ether oxygens (including phenoxy) is 1. The molecule has 2 atom stereocenters. The molecule has 2 fully saturated rings. The third-order valence-electron chi connectivity index (χ3n) is 5.65. The fourth-order valence-corrected chi connectivity index (χ4v) is 4.09. The lowest BCUT2D eigenvalue weighted by molar-refractivity contribution is -0.0556. The standard InChI is InChI=1S/C21H23NO3/c23-14-21-13-22(12-19(21)10-11-25-15-21)20(24)18-8-6-17(7-9-18)16-4-2-1-3-5-16/h1-9,19,23H,10-15H2/t19-,21+/m0/s1. The molecule has 0 bridgehead atoms. The highest BCUT2D eigenvalue weighted by atomic mass is 16.5. The third-order valence-corrected chi connectivity index (χ3v) is 5.65. The highest BCUT2D eigenvalue weighted by molar-refractivity contribution is 5.95. The summed E-state index contributed by atoms with van der Waals surface area (Å²) in [7, 11) is 0. The maximum Gasteiger partial charge on any atom is 0.253 e. The number of carbonyl (C=O) groups excluding carboxylic acids is 1. The average Bonchev–Trinajstić information content (AvgIpc) is 3.08. The maximum atomic E-state index is 12.9. The largest absolute Gasteiger partial charge is 0.396 e. The Labute approximate surface area is 148 Å². The van der Waals surface area contributed by atoms with Crippen LogP contribution in [0.5, 0.6) is 0 Å². The number of hydrogen-bond donors (Lipinski definition) is 1. The fourth-order valence-electron chi connectivity index (χ4n) is 4.09. The molecule has 0 saturated carbocycles. The number of aliphatic hydroxyl groups is 1. The minimum absolute atomic E-state index is 0.0434. The summed E-state index contributed by atoms with van der Waals surface area (Å²) in [6.45, 7) is 2.64. The van der Waals surface area contributed by atoms with Gasteiger partial charge in [-0.2, -0.15) is 0 Å².